The van der Waals surface area contributed by atoms with Gasteiger partial charge in [0.1, 0.15) is 5.82 Å². The largest absolute Gasteiger partial charge is 0.313 e. The minimum Gasteiger partial charge on any atom is -0.313 e. The van der Waals surface area contributed by atoms with Gasteiger partial charge in [0.05, 0.1) is 0 Å². The summed E-state index contributed by atoms with van der Waals surface area (Å²) in [6.45, 7) is 1.82. The molecule has 0 bridgehead atoms. The molecule has 3 heteroatoms. The van der Waals surface area contributed by atoms with Crippen LogP contribution in [0.4, 0.5) is 4.39 Å². The Morgan fingerprint density at radius 2 is 1.71 bits per heavy atom. The Hall–Kier alpha value is -1.71. The summed E-state index contributed by atoms with van der Waals surface area (Å²) in [6, 6.07) is 17.4. The molecule has 2 nitrogen and oxygen atoms in total. The van der Waals surface area contributed by atoms with Gasteiger partial charge >= 0.3 is 0 Å². The fourth-order valence-electron chi connectivity index (χ4n) is 2.54. The number of nitrogens with zero attached hydrogens (tertiary/aromatic N) is 1. The Bertz CT molecular complexity index is 542. The summed E-state index contributed by atoms with van der Waals surface area (Å²) < 4.78 is 13.8. The summed E-state index contributed by atoms with van der Waals surface area (Å²) in [5.41, 5.74) is 2.04. The van der Waals surface area contributed by atoms with E-state index in [9.17, 15) is 4.39 Å². The van der Waals surface area contributed by atoms with Crippen molar-refractivity contribution in [2.75, 3.05) is 20.6 Å². The first-order valence-electron chi connectivity index (χ1n) is 7.35. The van der Waals surface area contributed by atoms with Gasteiger partial charge in [0.2, 0.25) is 0 Å². The third kappa shape index (κ3) is 4.66. The van der Waals surface area contributed by atoms with Gasteiger partial charge in [0.25, 0.3) is 0 Å². The first kappa shape index (κ1) is 15.7. The van der Waals surface area contributed by atoms with Crippen molar-refractivity contribution in [1.82, 2.24) is 10.2 Å². The molecule has 0 saturated carbocycles. The summed E-state index contributed by atoms with van der Waals surface area (Å²) in [5, 5.41) is 3.21. The highest BCUT2D eigenvalue weighted by molar-refractivity contribution is 5.21. The van der Waals surface area contributed by atoms with Crippen LogP contribution in [-0.2, 0) is 6.54 Å². The fraction of sp³-hybridized carbons (Fsp3) is 0.333. The highest BCUT2D eigenvalue weighted by Gasteiger charge is 2.14. The monoisotopic (exact) mass is 286 g/mol. The first-order valence-corrected chi connectivity index (χ1v) is 7.35. The first-order chi connectivity index (χ1) is 10.2. The van der Waals surface area contributed by atoms with Crippen LogP contribution in [0.15, 0.2) is 54.6 Å². The lowest BCUT2D eigenvalue weighted by Crippen LogP contribution is -2.25. The molecule has 112 valence electrons. The standard InChI is InChI=1S/C18H23FN2/c1-20-18(16-10-6-7-11-17(16)19)12-13-21(2)14-15-8-4-3-5-9-15/h3-11,18,20H,12-14H2,1-2H3. The molecule has 0 aliphatic heterocycles. The zero-order valence-corrected chi connectivity index (χ0v) is 12.7. The van der Waals surface area contributed by atoms with Crippen LogP contribution in [0, 0.1) is 5.82 Å². The van der Waals surface area contributed by atoms with Crippen LogP contribution in [0.2, 0.25) is 0 Å². The molecule has 21 heavy (non-hydrogen) atoms. The maximum atomic E-state index is 13.8. The van der Waals surface area contributed by atoms with Crippen molar-refractivity contribution in [3.63, 3.8) is 0 Å². The zero-order chi connectivity index (χ0) is 15.1. The molecule has 0 aromatic heterocycles. The van der Waals surface area contributed by atoms with Crippen LogP contribution < -0.4 is 5.32 Å². The molecule has 0 fully saturated rings. The molecule has 0 spiro atoms. The van der Waals surface area contributed by atoms with E-state index >= 15 is 0 Å². The van der Waals surface area contributed by atoms with E-state index in [1.54, 1.807) is 6.07 Å². The van der Waals surface area contributed by atoms with Crippen molar-refractivity contribution in [3.05, 3.63) is 71.5 Å². The van der Waals surface area contributed by atoms with E-state index in [4.69, 9.17) is 0 Å². The van der Waals surface area contributed by atoms with E-state index in [1.165, 1.54) is 11.6 Å². The summed E-state index contributed by atoms with van der Waals surface area (Å²) in [6.07, 6.45) is 0.876. The molecular formula is C18H23FN2. The van der Waals surface area contributed by atoms with Crippen molar-refractivity contribution in [2.45, 2.75) is 19.0 Å². The van der Waals surface area contributed by atoms with E-state index in [2.05, 4.69) is 41.5 Å². The highest BCUT2D eigenvalue weighted by atomic mass is 19.1. The van der Waals surface area contributed by atoms with Crippen LogP contribution in [0.5, 0.6) is 0 Å². The summed E-state index contributed by atoms with van der Waals surface area (Å²) in [4.78, 5) is 2.26. The SMILES string of the molecule is CNC(CCN(C)Cc1ccccc1)c1ccccc1F. The van der Waals surface area contributed by atoms with E-state index in [1.807, 2.05) is 25.2 Å². The van der Waals surface area contributed by atoms with Crippen LogP contribution in [0.1, 0.15) is 23.6 Å². The van der Waals surface area contributed by atoms with E-state index < -0.39 is 0 Å². The third-order valence-corrected chi connectivity index (χ3v) is 3.72. The van der Waals surface area contributed by atoms with Gasteiger partial charge in [-0.1, -0.05) is 48.5 Å². The zero-order valence-electron chi connectivity index (χ0n) is 12.7. The topological polar surface area (TPSA) is 15.3 Å². The molecule has 2 rings (SSSR count). The number of hydrogen-bond donors (Lipinski definition) is 1. The Morgan fingerprint density at radius 1 is 1.05 bits per heavy atom. The quantitative estimate of drug-likeness (QED) is 0.836. The predicted octanol–water partition coefficient (Wildman–Crippen LogP) is 3.61. The highest BCUT2D eigenvalue weighted by Crippen LogP contribution is 2.20. The Balaban J connectivity index is 1.90. The molecule has 1 atom stereocenters. The lowest BCUT2D eigenvalue weighted by molar-refractivity contribution is 0.302. The Morgan fingerprint density at radius 3 is 2.38 bits per heavy atom. The molecule has 0 heterocycles. The van der Waals surface area contributed by atoms with Crippen LogP contribution >= 0.6 is 0 Å². The predicted molar refractivity (Wildman–Crippen MR) is 85.6 cm³/mol. The second-order valence-corrected chi connectivity index (χ2v) is 5.37. The maximum absolute atomic E-state index is 13.8. The number of benzene rings is 2. The molecule has 0 aliphatic carbocycles. The number of nitrogens with one attached hydrogen (secondary N) is 1. The minimum absolute atomic E-state index is 0.0458. The van der Waals surface area contributed by atoms with Gasteiger partial charge in [-0.2, -0.15) is 0 Å². The van der Waals surface area contributed by atoms with Crippen molar-refractivity contribution >= 4 is 0 Å². The molecule has 1 N–H and O–H groups in total. The molecule has 1 unspecified atom stereocenters. The minimum atomic E-state index is -0.137. The smallest absolute Gasteiger partial charge is 0.127 e. The van der Waals surface area contributed by atoms with Crippen molar-refractivity contribution in [2.24, 2.45) is 0 Å². The van der Waals surface area contributed by atoms with Gasteiger partial charge in [-0.3, -0.25) is 0 Å². The lowest BCUT2D eigenvalue weighted by Gasteiger charge is -2.22. The lowest BCUT2D eigenvalue weighted by atomic mass is 10.0. The molecular weight excluding hydrogens is 263 g/mol. The van der Waals surface area contributed by atoms with Crippen molar-refractivity contribution in [3.8, 4) is 0 Å². The summed E-state index contributed by atoms with van der Waals surface area (Å²) >= 11 is 0. The number of halogens is 1. The van der Waals surface area contributed by atoms with Gasteiger partial charge < -0.3 is 10.2 Å². The van der Waals surface area contributed by atoms with E-state index in [0.717, 1.165) is 25.1 Å². The molecule has 2 aromatic carbocycles. The van der Waals surface area contributed by atoms with Gasteiger partial charge in [0, 0.05) is 18.2 Å². The van der Waals surface area contributed by atoms with Gasteiger partial charge in [-0.25, -0.2) is 4.39 Å². The maximum Gasteiger partial charge on any atom is 0.127 e. The average molecular weight is 286 g/mol. The number of hydrogen-bond acceptors (Lipinski definition) is 2. The third-order valence-electron chi connectivity index (χ3n) is 3.72. The van der Waals surface area contributed by atoms with Crippen LogP contribution in [0.25, 0.3) is 0 Å². The Labute approximate surface area is 126 Å². The molecule has 2 aromatic rings. The van der Waals surface area contributed by atoms with Crippen LogP contribution in [-0.4, -0.2) is 25.5 Å². The molecule has 0 aliphatic rings. The van der Waals surface area contributed by atoms with Crippen molar-refractivity contribution in [1.29, 1.82) is 0 Å². The van der Waals surface area contributed by atoms with Gasteiger partial charge in [0.15, 0.2) is 0 Å². The average Bonchev–Trinajstić information content (AvgIpc) is 2.50. The summed E-state index contributed by atoms with van der Waals surface area (Å²) in [7, 11) is 3.98. The van der Waals surface area contributed by atoms with E-state index in [-0.39, 0.29) is 11.9 Å². The van der Waals surface area contributed by atoms with Gasteiger partial charge in [-0.15, -0.1) is 0 Å². The van der Waals surface area contributed by atoms with Crippen molar-refractivity contribution < 1.29 is 4.39 Å². The summed E-state index contributed by atoms with van der Waals surface area (Å²) in [5.74, 6) is -0.137. The van der Waals surface area contributed by atoms with Crippen LogP contribution in [0.3, 0.4) is 0 Å². The second kappa shape index (κ2) is 7.91. The molecule has 0 saturated heterocycles. The normalized spacial score (nSPS) is 12.6. The fourth-order valence-corrected chi connectivity index (χ4v) is 2.54. The molecule has 0 amide bonds. The Kier molecular flexibility index (Phi) is 5.90. The van der Waals surface area contributed by atoms with E-state index in [0.29, 0.717) is 0 Å². The number of rotatable bonds is 7. The van der Waals surface area contributed by atoms with Gasteiger partial charge in [-0.05, 0) is 38.7 Å². The second-order valence-electron chi connectivity index (χ2n) is 5.37. The molecule has 0 radical (unpaired) electrons.